The molecule has 5 nitrogen and oxygen atoms in total. The number of nitrogens with one attached hydrogen (secondary N) is 2. The summed E-state index contributed by atoms with van der Waals surface area (Å²) in [6.07, 6.45) is 3.61. The summed E-state index contributed by atoms with van der Waals surface area (Å²) in [5.74, 6) is -0.153. The molecule has 3 rings (SSSR count). The van der Waals surface area contributed by atoms with Crippen LogP contribution in [0.5, 0.6) is 0 Å². The molecule has 0 saturated carbocycles. The van der Waals surface area contributed by atoms with Crippen LogP contribution >= 0.6 is 11.6 Å². The van der Waals surface area contributed by atoms with E-state index in [1.165, 1.54) is 26.2 Å². The first-order valence-corrected chi connectivity index (χ1v) is 10.0. The average molecular weight is 400 g/mol. The summed E-state index contributed by atoms with van der Waals surface area (Å²) in [5.41, 5.74) is 3.22. The van der Waals surface area contributed by atoms with Gasteiger partial charge >= 0.3 is 0 Å². The van der Waals surface area contributed by atoms with Crippen molar-refractivity contribution < 1.29 is 9.59 Å². The number of amides is 1. The maximum Gasteiger partial charge on any atom is 0.246 e. The molecule has 28 heavy (non-hydrogen) atoms. The number of hydrogen-bond donors (Lipinski definition) is 2. The van der Waals surface area contributed by atoms with Crippen LogP contribution in [0.25, 0.3) is 0 Å². The number of ketones is 1. The number of carbonyl (C=O) groups is 2. The summed E-state index contributed by atoms with van der Waals surface area (Å²) in [7, 11) is 0. The zero-order valence-corrected chi connectivity index (χ0v) is 17.1. The molecule has 0 aliphatic carbocycles. The van der Waals surface area contributed by atoms with Gasteiger partial charge in [0.05, 0.1) is 11.4 Å². The topological polar surface area (TPSA) is 61.4 Å². The molecule has 0 spiro atoms. The van der Waals surface area contributed by atoms with Gasteiger partial charge < -0.3 is 15.5 Å². The van der Waals surface area contributed by atoms with Gasteiger partial charge in [0.15, 0.2) is 5.78 Å². The lowest BCUT2D eigenvalue weighted by Gasteiger charge is -2.31. The molecule has 2 N–H and O–H groups in total. The Morgan fingerprint density at radius 2 is 1.71 bits per heavy atom. The lowest BCUT2D eigenvalue weighted by molar-refractivity contribution is -0.116. The lowest BCUT2D eigenvalue weighted by atomic mass is 10.1. The highest BCUT2D eigenvalue weighted by Crippen LogP contribution is 2.31. The number of Topliss-reactive ketones (excluding diaryl/α,β-unsaturated/α-hetero) is 1. The van der Waals surface area contributed by atoms with Gasteiger partial charge in [-0.3, -0.25) is 9.59 Å². The number of hydrogen-bond acceptors (Lipinski definition) is 4. The second-order valence-electron chi connectivity index (χ2n) is 7.20. The Hall–Kier alpha value is -2.53. The summed E-state index contributed by atoms with van der Waals surface area (Å²) >= 11 is 6.20. The SMILES string of the molecule is CC(=O)c1ccc(NC(=O)[C@@H](C)Nc2cc(Cl)ccc2N2CCCCC2)cc1. The van der Waals surface area contributed by atoms with Gasteiger partial charge in [-0.1, -0.05) is 11.6 Å². The minimum absolute atomic E-state index is 0.000824. The third-order valence-electron chi connectivity index (χ3n) is 4.98. The molecule has 1 aliphatic rings. The Balaban J connectivity index is 1.69. The molecule has 1 amide bonds. The monoisotopic (exact) mass is 399 g/mol. The second-order valence-corrected chi connectivity index (χ2v) is 7.63. The molecule has 0 radical (unpaired) electrons. The van der Waals surface area contributed by atoms with Crippen LogP contribution in [0.1, 0.15) is 43.5 Å². The molecule has 0 unspecified atom stereocenters. The van der Waals surface area contributed by atoms with Crippen molar-refractivity contribution in [2.24, 2.45) is 0 Å². The molecule has 6 heteroatoms. The molecule has 1 saturated heterocycles. The van der Waals surface area contributed by atoms with E-state index in [-0.39, 0.29) is 11.7 Å². The van der Waals surface area contributed by atoms with E-state index in [0.717, 1.165) is 24.5 Å². The fraction of sp³-hybridized carbons (Fsp3) is 0.364. The van der Waals surface area contributed by atoms with Gasteiger partial charge in [0.25, 0.3) is 0 Å². The summed E-state index contributed by atoms with van der Waals surface area (Å²) in [6.45, 7) is 5.36. The zero-order valence-electron chi connectivity index (χ0n) is 16.3. The first kappa shape index (κ1) is 20.2. The zero-order chi connectivity index (χ0) is 20.1. The Labute approximate surface area is 171 Å². The molecule has 1 atom stereocenters. The number of anilines is 3. The Kier molecular flexibility index (Phi) is 6.57. The third-order valence-corrected chi connectivity index (χ3v) is 5.21. The van der Waals surface area contributed by atoms with Crippen LogP contribution < -0.4 is 15.5 Å². The predicted molar refractivity (Wildman–Crippen MR) is 116 cm³/mol. The number of piperidine rings is 1. The predicted octanol–water partition coefficient (Wildman–Crippen LogP) is 4.97. The van der Waals surface area contributed by atoms with Gasteiger partial charge in [-0.25, -0.2) is 0 Å². The maximum absolute atomic E-state index is 12.6. The van der Waals surface area contributed by atoms with Gasteiger partial charge in [0.1, 0.15) is 6.04 Å². The fourth-order valence-electron chi connectivity index (χ4n) is 3.37. The highest BCUT2D eigenvalue weighted by atomic mass is 35.5. The van der Waals surface area contributed by atoms with E-state index in [2.05, 4.69) is 15.5 Å². The largest absolute Gasteiger partial charge is 0.372 e. The van der Waals surface area contributed by atoms with Crippen LogP contribution in [-0.4, -0.2) is 30.8 Å². The quantitative estimate of drug-likeness (QED) is 0.673. The van der Waals surface area contributed by atoms with Gasteiger partial charge in [-0.05, 0) is 75.6 Å². The molecule has 2 aromatic rings. The molecule has 1 aliphatic heterocycles. The highest BCUT2D eigenvalue weighted by Gasteiger charge is 2.19. The Morgan fingerprint density at radius 3 is 2.36 bits per heavy atom. The summed E-state index contributed by atoms with van der Waals surface area (Å²) < 4.78 is 0. The maximum atomic E-state index is 12.6. The second kappa shape index (κ2) is 9.11. The molecular formula is C22H26ClN3O2. The van der Waals surface area contributed by atoms with E-state index >= 15 is 0 Å². The van der Waals surface area contributed by atoms with Crippen molar-refractivity contribution in [3.63, 3.8) is 0 Å². The minimum atomic E-state index is -0.450. The molecule has 1 heterocycles. The van der Waals surface area contributed by atoms with Crippen molar-refractivity contribution in [2.75, 3.05) is 28.6 Å². The molecular weight excluding hydrogens is 374 g/mol. The van der Waals surface area contributed by atoms with Gasteiger partial charge in [0, 0.05) is 29.4 Å². The third kappa shape index (κ3) is 5.04. The van der Waals surface area contributed by atoms with E-state index in [1.807, 2.05) is 25.1 Å². The summed E-state index contributed by atoms with van der Waals surface area (Å²) in [5, 5.41) is 6.82. The average Bonchev–Trinajstić information content (AvgIpc) is 2.69. The van der Waals surface area contributed by atoms with Crippen LogP contribution in [0.4, 0.5) is 17.1 Å². The van der Waals surface area contributed by atoms with Gasteiger partial charge in [-0.2, -0.15) is 0 Å². The number of rotatable bonds is 6. The van der Waals surface area contributed by atoms with Gasteiger partial charge in [0.2, 0.25) is 5.91 Å². The normalized spacial score (nSPS) is 15.0. The van der Waals surface area contributed by atoms with Crippen molar-refractivity contribution >= 4 is 40.4 Å². The van der Waals surface area contributed by atoms with Crippen LogP contribution in [0.3, 0.4) is 0 Å². The minimum Gasteiger partial charge on any atom is -0.372 e. The van der Waals surface area contributed by atoms with E-state index in [4.69, 9.17) is 11.6 Å². The molecule has 148 valence electrons. The Bertz CT molecular complexity index is 845. The van der Waals surface area contributed by atoms with Crippen LogP contribution in [-0.2, 0) is 4.79 Å². The van der Waals surface area contributed by atoms with Crippen LogP contribution in [0.2, 0.25) is 5.02 Å². The van der Waals surface area contributed by atoms with E-state index in [0.29, 0.717) is 16.3 Å². The first-order valence-electron chi connectivity index (χ1n) is 9.67. The van der Waals surface area contributed by atoms with Crippen molar-refractivity contribution in [3.05, 3.63) is 53.1 Å². The van der Waals surface area contributed by atoms with Crippen molar-refractivity contribution in [2.45, 2.75) is 39.2 Å². The van der Waals surface area contributed by atoms with Crippen molar-refractivity contribution in [1.82, 2.24) is 0 Å². The number of benzene rings is 2. The number of carbonyl (C=O) groups excluding carboxylic acids is 2. The molecule has 2 aromatic carbocycles. The number of nitrogens with zero attached hydrogens (tertiary/aromatic N) is 1. The fourth-order valence-corrected chi connectivity index (χ4v) is 3.54. The molecule has 0 bridgehead atoms. The summed E-state index contributed by atoms with van der Waals surface area (Å²) in [4.78, 5) is 26.3. The smallest absolute Gasteiger partial charge is 0.246 e. The number of halogens is 1. The molecule has 0 aromatic heterocycles. The first-order chi connectivity index (χ1) is 13.4. The highest BCUT2D eigenvalue weighted by molar-refractivity contribution is 6.31. The van der Waals surface area contributed by atoms with E-state index < -0.39 is 6.04 Å². The summed E-state index contributed by atoms with van der Waals surface area (Å²) in [6, 6.07) is 12.2. The Morgan fingerprint density at radius 1 is 1.04 bits per heavy atom. The van der Waals surface area contributed by atoms with E-state index in [1.54, 1.807) is 24.3 Å². The van der Waals surface area contributed by atoms with Crippen molar-refractivity contribution in [1.29, 1.82) is 0 Å². The van der Waals surface area contributed by atoms with Crippen molar-refractivity contribution in [3.8, 4) is 0 Å². The van der Waals surface area contributed by atoms with E-state index in [9.17, 15) is 9.59 Å². The lowest BCUT2D eigenvalue weighted by Crippen LogP contribution is -2.34. The molecule has 1 fully saturated rings. The van der Waals surface area contributed by atoms with Gasteiger partial charge in [-0.15, -0.1) is 0 Å². The van der Waals surface area contributed by atoms with Crippen LogP contribution in [0.15, 0.2) is 42.5 Å². The standard InChI is InChI=1S/C22H26ClN3O2/c1-15(22(28)25-19-9-6-17(7-10-19)16(2)27)24-20-14-18(23)8-11-21(20)26-12-4-3-5-13-26/h6-11,14-15,24H,3-5,12-13H2,1-2H3,(H,25,28)/t15-/m1/s1. The van der Waals surface area contributed by atoms with Crippen LogP contribution in [0, 0.1) is 0 Å².